The third-order valence-corrected chi connectivity index (χ3v) is 4.65. The molecule has 1 heterocycles. The van der Waals surface area contributed by atoms with Crippen molar-refractivity contribution in [1.29, 1.82) is 0 Å². The number of amides is 2. The molecule has 3 rings (SSSR count). The molecule has 6 nitrogen and oxygen atoms in total. The summed E-state index contributed by atoms with van der Waals surface area (Å²) in [5.41, 5.74) is 1.47. The normalized spacial score (nSPS) is 14.1. The van der Waals surface area contributed by atoms with Gasteiger partial charge < -0.3 is 14.4 Å². The Morgan fingerprint density at radius 2 is 1.45 bits per heavy atom. The maximum absolute atomic E-state index is 13.5. The molecular weight excluding hydrogens is 375 g/mol. The summed E-state index contributed by atoms with van der Waals surface area (Å²) < 4.78 is 23.8. The molecule has 0 saturated carbocycles. The molecule has 0 aliphatic carbocycles. The smallest absolute Gasteiger partial charge is 0.282 e. The van der Waals surface area contributed by atoms with Crippen LogP contribution in [0.4, 0.5) is 10.1 Å². The molecule has 0 fully saturated rings. The van der Waals surface area contributed by atoms with Crippen molar-refractivity contribution in [3.8, 4) is 0 Å². The van der Waals surface area contributed by atoms with Crippen LogP contribution in [0.2, 0.25) is 0 Å². The number of halogens is 1. The van der Waals surface area contributed by atoms with Gasteiger partial charge in [0.1, 0.15) is 11.5 Å². The van der Waals surface area contributed by atoms with Gasteiger partial charge in [0.25, 0.3) is 11.8 Å². The largest absolute Gasteiger partial charge is 0.383 e. The van der Waals surface area contributed by atoms with Crippen LogP contribution in [0.25, 0.3) is 5.57 Å². The van der Waals surface area contributed by atoms with Gasteiger partial charge in [0.2, 0.25) is 0 Å². The van der Waals surface area contributed by atoms with E-state index in [2.05, 4.69) is 0 Å². The number of methoxy groups -OCH3 is 2. The zero-order valence-corrected chi connectivity index (χ0v) is 16.4. The van der Waals surface area contributed by atoms with Gasteiger partial charge in [-0.15, -0.1) is 0 Å². The van der Waals surface area contributed by atoms with E-state index in [1.54, 1.807) is 43.4 Å². The highest BCUT2D eigenvalue weighted by Crippen LogP contribution is 2.34. The number of ether oxygens (including phenoxy) is 2. The first-order valence-corrected chi connectivity index (χ1v) is 9.25. The van der Waals surface area contributed by atoms with E-state index in [-0.39, 0.29) is 11.3 Å². The Morgan fingerprint density at radius 1 is 0.862 bits per heavy atom. The van der Waals surface area contributed by atoms with E-state index in [0.29, 0.717) is 37.6 Å². The molecule has 29 heavy (non-hydrogen) atoms. The minimum absolute atomic E-state index is 0.242. The lowest BCUT2D eigenvalue weighted by Gasteiger charge is -2.25. The molecule has 2 aromatic rings. The molecule has 0 atom stereocenters. The number of imide groups is 1. The van der Waals surface area contributed by atoms with E-state index < -0.39 is 17.6 Å². The maximum atomic E-state index is 13.5. The van der Waals surface area contributed by atoms with Gasteiger partial charge in [0.05, 0.1) is 24.5 Å². The van der Waals surface area contributed by atoms with Crippen LogP contribution >= 0.6 is 0 Å². The van der Waals surface area contributed by atoms with Gasteiger partial charge in [-0.3, -0.25) is 9.59 Å². The molecule has 0 bridgehead atoms. The quantitative estimate of drug-likeness (QED) is 0.608. The van der Waals surface area contributed by atoms with Crippen molar-refractivity contribution in [2.45, 2.75) is 0 Å². The Balaban J connectivity index is 2.11. The highest BCUT2D eigenvalue weighted by atomic mass is 19.1. The van der Waals surface area contributed by atoms with E-state index in [1.165, 1.54) is 24.3 Å². The van der Waals surface area contributed by atoms with Gasteiger partial charge in [0.15, 0.2) is 0 Å². The van der Waals surface area contributed by atoms with Gasteiger partial charge in [-0.25, -0.2) is 9.29 Å². The first-order chi connectivity index (χ1) is 14.1. The molecule has 2 amide bonds. The van der Waals surface area contributed by atoms with Crippen molar-refractivity contribution in [3.63, 3.8) is 0 Å². The Labute approximate surface area is 169 Å². The second-order valence-electron chi connectivity index (χ2n) is 6.48. The van der Waals surface area contributed by atoms with E-state index in [1.807, 2.05) is 6.07 Å². The first kappa shape index (κ1) is 20.7. The van der Waals surface area contributed by atoms with Crippen molar-refractivity contribution in [1.82, 2.24) is 4.90 Å². The van der Waals surface area contributed by atoms with Crippen LogP contribution in [-0.2, 0) is 19.1 Å². The van der Waals surface area contributed by atoms with Crippen LogP contribution in [0.5, 0.6) is 0 Å². The average Bonchev–Trinajstić information content (AvgIpc) is 2.99. The third-order valence-electron chi connectivity index (χ3n) is 4.65. The third kappa shape index (κ3) is 4.36. The molecular formula is C22H23FN2O4. The number of carbonyl (C=O) groups excluding carboxylic acids is 2. The highest BCUT2D eigenvalue weighted by Gasteiger charge is 2.42. The summed E-state index contributed by atoms with van der Waals surface area (Å²) in [6, 6.07) is 14.3. The molecule has 0 radical (unpaired) electrons. The fourth-order valence-corrected chi connectivity index (χ4v) is 3.24. The van der Waals surface area contributed by atoms with Crippen LogP contribution < -0.4 is 4.90 Å². The first-order valence-electron chi connectivity index (χ1n) is 9.25. The number of hydrogen-bond donors (Lipinski definition) is 0. The van der Waals surface area contributed by atoms with E-state index in [4.69, 9.17) is 9.47 Å². The molecule has 152 valence electrons. The van der Waals surface area contributed by atoms with Crippen LogP contribution in [0.3, 0.4) is 0 Å². The van der Waals surface area contributed by atoms with Crippen molar-refractivity contribution < 1.29 is 23.5 Å². The summed E-state index contributed by atoms with van der Waals surface area (Å²) in [6.07, 6.45) is 0. The fourth-order valence-electron chi connectivity index (χ4n) is 3.24. The van der Waals surface area contributed by atoms with Crippen molar-refractivity contribution in [3.05, 3.63) is 71.7 Å². The SMILES string of the molecule is COCCN(CCOC)C1=C(c2ccc(F)cc2)C(=O)N(c2ccccc2)C1=O. The number of carbonyl (C=O) groups is 2. The van der Waals surface area contributed by atoms with Gasteiger partial charge >= 0.3 is 0 Å². The van der Waals surface area contributed by atoms with Crippen molar-refractivity contribution >= 4 is 23.1 Å². The van der Waals surface area contributed by atoms with Gasteiger partial charge in [-0.1, -0.05) is 30.3 Å². The number of para-hydroxylation sites is 1. The van der Waals surface area contributed by atoms with Crippen LogP contribution in [0.15, 0.2) is 60.3 Å². The van der Waals surface area contributed by atoms with Crippen LogP contribution in [-0.4, -0.2) is 57.2 Å². The Hall–Kier alpha value is -3.03. The fraction of sp³-hybridized carbons (Fsp3) is 0.273. The maximum Gasteiger partial charge on any atom is 0.282 e. The van der Waals surface area contributed by atoms with E-state index in [0.717, 1.165) is 4.90 Å². The lowest BCUT2D eigenvalue weighted by atomic mass is 10.0. The minimum Gasteiger partial charge on any atom is -0.383 e. The summed E-state index contributed by atoms with van der Waals surface area (Å²) in [7, 11) is 3.14. The molecule has 0 unspecified atom stereocenters. The lowest BCUT2D eigenvalue weighted by Crippen LogP contribution is -2.37. The van der Waals surface area contributed by atoms with Gasteiger partial charge in [0, 0.05) is 27.3 Å². The van der Waals surface area contributed by atoms with E-state index in [9.17, 15) is 14.0 Å². The monoisotopic (exact) mass is 398 g/mol. The van der Waals surface area contributed by atoms with Gasteiger partial charge in [-0.2, -0.15) is 0 Å². The molecule has 0 saturated heterocycles. The second kappa shape index (κ2) is 9.45. The van der Waals surface area contributed by atoms with Crippen LogP contribution in [0.1, 0.15) is 5.56 Å². The lowest BCUT2D eigenvalue weighted by molar-refractivity contribution is -0.120. The zero-order chi connectivity index (χ0) is 20.8. The number of benzene rings is 2. The van der Waals surface area contributed by atoms with Crippen molar-refractivity contribution in [2.75, 3.05) is 45.4 Å². The highest BCUT2D eigenvalue weighted by molar-refractivity contribution is 6.45. The topological polar surface area (TPSA) is 59.1 Å². The molecule has 1 aliphatic rings. The molecule has 0 N–H and O–H groups in total. The molecule has 2 aromatic carbocycles. The molecule has 1 aliphatic heterocycles. The second-order valence-corrected chi connectivity index (χ2v) is 6.48. The predicted molar refractivity (Wildman–Crippen MR) is 108 cm³/mol. The summed E-state index contributed by atoms with van der Waals surface area (Å²) in [6.45, 7) is 1.55. The minimum atomic E-state index is -0.442. The van der Waals surface area contributed by atoms with Crippen LogP contribution in [0, 0.1) is 5.82 Å². The summed E-state index contributed by atoms with van der Waals surface area (Å²) in [5.74, 6) is -1.28. The number of hydrogen-bond acceptors (Lipinski definition) is 5. The zero-order valence-electron chi connectivity index (χ0n) is 16.4. The van der Waals surface area contributed by atoms with Crippen molar-refractivity contribution in [2.24, 2.45) is 0 Å². The summed E-state index contributed by atoms with van der Waals surface area (Å²) in [5, 5.41) is 0. The molecule has 0 spiro atoms. The number of nitrogens with zero attached hydrogens (tertiary/aromatic N) is 2. The average molecular weight is 398 g/mol. The summed E-state index contributed by atoms with van der Waals surface area (Å²) in [4.78, 5) is 29.7. The predicted octanol–water partition coefficient (Wildman–Crippen LogP) is 2.71. The van der Waals surface area contributed by atoms with E-state index >= 15 is 0 Å². The molecule has 0 aromatic heterocycles. The number of anilines is 1. The Bertz CT molecular complexity index is 889. The van der Waals surface area contributed by atoms with Gasteiger partial charge in [-0.05, 0) is 29.8 Å². The Kier molecular flexibility index (Phi) is 6.74. The summed E-state index contributed by atoms with van der Waals surface area (Å²) >= 11 is 0. The Morgan fingerprint density at radius 3 is 2.00 bits per heavy atom. The molecule has 7 heteroatoms. The number of rotatable bonds is 9. The standard InChI is InChI=1S/C22H23FN2O4/c1-28-14-12-24(13-15-29-2)20-19(16-8-10-17(23)11-9-16)21(26)25(22(20)27)18-6-4-3-5-7-18/h3-11H,12-15H2,1-2H3.